The van der Waals surface area contributed by atoms with Gasteiger partial charge in [-0.25, -0.2) is 0 Å². The van der Waals surface area contributed by atoms with Gasteiger partial charge >= 0.3 is 11.9 Å². The molecule has 2 aliphatic rings. The zero-order valence-corrected chi connectivity index (χ0v) is 43.0. The van der Waals surface area contributed by atoms with Crippen molar-refractivity contribution in [3.63, 3.8) is 0 Å². The van der Waals surface area contributed by atoms with E-state index in [-0.39, 0.29) is 19.4 Å². The molecular formula is C55H96O15. The van der Waals surface area contributed by atoms with Crippen LogP contribution in [0.15, 0.2) is 48.6 Å². The summed E-state index contributed by atoms with van der Waals surface area (Å²) in [4.78, 5) is 25.8. The molecule has 0 aromatic heterocycles. The summed E-state index contributed by atoms with van der Waals surface area (Å²) in [6.45, 7) is 2.54. The van der Waals surface area contributed by atoms with Crippen molar-refractivity contribution in [1.29, 1.82) is 0 Å². The molecule has 2 aliphatic heterocycles. The number of aliphatic hydroxyl groups excluding tert-OH is 7. The maximum absolute atomic E-state index is 13.0. The Labute approximate surface area is 420 Å². The Bertz CT molecular complexity index is 1400. The molecule has 0 aromatic carbocycles. The molecule has 2 saturated heterocycles. The summed E-state index contributed by atoms with van der Waals surface area (Å²) in [7, 11) is 0. The first kappa shape index (κ1) is 63.6. The van der Waals surface area contributed by atoms with E-state index in [1.165, 1.54) is 77.0 Å². The van der Waals surface area contributed by atoms with Gasteiger partial charge in [-0.1, -0.05) is 152 Å². The van der Waals surface area contributed by atoms with Crippen LogP contribution in [0.2, 0.25) is 0 Å². The largest absolute Gasteiger partial charge is 0.462 e. The molecule has 7 N–H and O–H groups in total. The Morgan fingerprint density at radius 2 is 0.857 bits per heavy atom. The predicted octanol–water partition coefficient (Wildman–Crippen LogP) is 8.27. The second kappa shape index (κ2) is 41.9. The lowest BCUT2D eigenvalue weighted by atomic mass is 9.98. The summed E-state index contributed by atoms with van der Waals surface area (Å²) in [5.41, 5.74) is 0. The number of carbonyl (C=O) groups excluding carboxylic acids is 2. The highest BCUT2D eigenvalue weighted by atomic mass is 16.7. The molecule has 0 aliphatic carbocycles. The van der Waals surface area contributed by atoms with E-state index >= 15 is 0 Å². The molecule has 70 heavy (non-hydrogen) atoms. The molecule has 0 bridgehead atoms. The molecule has 406 valence electrons. The second-order valence-corrected chi connectivity index (χ2v) is 19.0. The van der Waals surface area contributed by atoms with Crippen LogP contribution in [0.25, 0.3) is 0 Å². The average molecular weight is 997 g/mol. The second-order valence-electron chi connectivity index (χ2n) is 19.0. The van der Waals surface area contributed by atoms with Crippen LogP contribution < -0.4 is 0 Å². The van der Waals surface area contributed by atoms with E-state index in [4.69, 9.17) is 28.4 Å². The van der Waals surface area contributed by atoms with Gasteiger partial charge in [-0.05, 0) is 77.0 Å². The van der Waals surface area contributed by atoms with Crippen LogP contribution in [-0.4, -0.2) is 142 Å². The van der Waals surface area contributed by atoms with E-state index in [0.29, 0.717) is 12.8 Å². The first-order chi connectivity index (χ1) is 34.0. The molecule has 0 spiro atoms. The number of aliphatic hydroxyl groups is 7. The van der Waals surface area contributed by atoms with Gasteiger partial charge in [0.1, 0.15) is 55.4 Å². The van der Waals surface area contributed by atoms with Crippen LogP contribution >= 0.6 is 0 Å². The Morgan fingerprint density at radius 1 is 0.457 bits per heavy atom. The minimum atomic E-state index is -1.77. The molecule has 4 unspecified atom stereocenters. The van der Waals surface area contributed by atoms with Crippen LogP contribution in [-0.2, 0) is 38.0 Å². The number of carbonyl (C=O) groups is 2. The van der Waals surface area contributed by atoms with Gasteiger partial charge < -0.3 is 64.2 Å². The fourth-order valence-electron chi connectivity index (χ4n) is 8.28. The monoisotopic (exact) mass is 997 g/mol. The van der Waals surface area contributed by atoms with Crippen LogP contribution in [0.1, 0.15) is 194 Å². The maximum atomic E-state index is 13.0. The van der Waals surface area contributed by atoms with Gasteiger partial charge in [-0.2, -0.15) is 0 Å². The van der Waals surface area contributed by atoms with Gasteiger partial charge in [0.05, 0.1) is 19.8 Å². The Balaban J connectivity index is 1.80. The van der Waals surface area contributed by atoms with E-state index < -0.39 is 99.3 Å². The minimum absolute atomic E-state index is 0.138. The SMILES string of the molecule is CCCCC/C=C/C/C=C/C/C=C/CCCCCCC(=O)O[C@@H](COC(=O)CCCCCCCCC/C=C/CCCCCCCC)CO[C@@H]1O[C@H](CO[C@@H]2O[C@H](CO)[C@H](O)C(O)C2O)[C@H](O)C(O)C1O. The third-order valence-electron chi connectivity index (χ3n) is 12.8. The molecule has 15 heteroatoms. The van der Waals surface area contributed by atoms with Crippen molar-refractivity contribution in [2.45, 2.75) is 261 Å². The summed E-state index contributed by atoms with van der Waals surface area (Å²) < 4.78 is 33.6. The third kappa shape index (κ3) is 29.2. The number of hydrogen-bond donors (Lipinski definition) is 7. The lowest BCUT2D eigenvalue weighted by Gasteiger charge is -2.42. The van der Waals surface area contributed by atoms with Crippen molar-refractivity contribution >= 4 is 11.9 Å². The maximum Gasteiger partial charge on any atom is 0.306 e. The third-order valence-corrected chi connectivity index (χ3v) is 12.8. The van der Waals surface area contributed by atoms with E-state index in [2.05, 4.69) is 62.5 Å². The number of unbranched alkanes of at least 4 members (excludes halogenated alkanes) is 20. The number of rotatable bonds is 42. The predicted molar refractivity (Wildman–Crippen MR) is 270 cm³/mol. The van der Waals surface area contributed by atoms with Crippen molar-refractivity contribution < 1.29 is 73.8 Å². The molecule has 2 rings (SSSR count). The molecule has 11 atom stereocenters. The first-order valence-corrected chi connectivity index (χ1v) is 27.2. The van der Waals surface area contributed by atoms with Gasteiger partial charge in [0.2, 0.25) is 0 Å². The van der Waals surface area contributed by atoms with E-state index in [0.717, 1.165) is 77.0 Å². The molecule has 15 nitrogen and oxygen atoms in total. The number of esters is 2. The summed E-state index contributed by atoms with van der Waals surface area (Å²) >= 11 is 0. The lowest BCUT2D eigenvalue weighted by molar-refractivity contribution is -0.332. The van der Waals surface area contributed by atoms with E-state index in [1.54, 1.807) is 0 Å². The summed E-state index contributed by atoms with van der Waals surface area (Å²) in [6, 6.07) is 0. The van der Waals surface area contributed by atoms with Crippen molar-refractivity contribution in [3.8, 4) is 0 Å². The topological polar surface area (TPSA) is 231 Å². The van der Waals surface area contributed by atoms with E-state index in [9.17, 15) is 45.3 Å². The van der Waals surface area contributed by atoms with Gasteiger partial charge in [-0.15, -0.1) is 0 Å². The summed E-state index contributed by atoms with van der Waals surface area (Å²) in [5.74, 6) is -0.954. The average Bonchev–Trinajstić information content (AvgIpc) is 3.35. The van der Waals surface area contributed by atoms with Crippen LogP contribution in [0.5, 0.6) is 0 Å². The Kier molecular flexibility index (Phi) is 38.0. The van der Waals surface area contributed by atoms with Gasteiger partial charge in [0.15, 0.2) is 18.7 Å². The zero-order chi connectivity index (χ0) is 51.0. The Morgan fingerprint density at radius 3 is 1.39 bits per heavy atom. The molecule has 0 aromatic rings. The normalized spacial score (nSPS) is 25.7. The minimum Gasteiger partial charge on any atom is -0.462 e. The number of ether oxygens (including phenoxy) is 6. The zero-order valence-electron chi connectivity index (χ0n) is 43.0. The van der Waals surface area contributed by atoms with Crippen LogP contribution in [0.3, 0.4) is 0 Å². The van der Waals surface area contributed by atoms with Crippen molar-refractivity contribution in [2.24, 2.45) is 0 Å². The molecule has 0 saturated carbocycles. The highest BCUT2D eigenvalue weighted by molar-refractivity contribution is 5.70. The number of hydrogen-bond acceptors (Lipinski definition) is 15. The number of allylic oxidation sites excluding steroid dienone is 8. The highest BCUT2D eigenvalue weighted by Crippen LogP contribution is 2.26. The van der Waals surface area contributed by atoms with Gasteiger partial charge in [0, 0.05) is 12.8 Å². The fourth-order valence-corrected chi connectivity index (χ4v) is 8.28. The quantitative estimate of drug-likeness (QED) is 0.0173. The van der Waals surface area contributed by atoms with Crippen molar-refractivity contribution in [3.05, 3.63) is 48.6 Å². The molecule has 2 heterocycles. The summed E-state index contributed by atoms with van der Waals surface area (Å²) in [5, 5.41) is 72.2. The molecule has 2 fully saturated rings. The first-order valence-electron chi connectivity index (χ1n) is 27.2. The van der Waals surface area contributed by atoms with Gasteiger partial charge in [0.25, 0.3) is 0 Å². The molecule has 0 radical (unpaired) electrons. The smallest absolute Gasteiger partial charge is 0.306 e. The fraction of sp³-hybridized carbons (Fsp3) is 0.818. The highest BCUT2D eigenvalue weighted by Gasteiger charge is 2.47. The molecular weight excluding hydrogens is 901 g/mol. The van der Waals surface area contributed by atoms with E-state index in [1.807, 2.05) is 0 Å². The standard InChI is InChI=1S/C55H96O15/c1-3-5-7-9-11-13-15-17-19-21-23-25-27-29-31-33-35-37-46(57)65-40-43(68-47(58)38-36-34-32-30-28-26-24-22-20-18-16-14-12-10-8-6-4-2)41-66-54-53(64)51(62)49(60)45(70-54)42-67-55-52(63)50(61)48(59)44(39-56)69-55/h12,14,17-20,24,26,43-45,48-56,59-64H,3-11,13,15-16,21-23,25,27-42H2,1-2H3/b14-12+,19-17+,20-18+,26-24+/t43-,44+,45+,48-,49-,50?,51?,52?,53?,54+,55+/m0/s1. The van der Waals surface area contributed by atoms with Gasteiger partial charge in [-0.3, -0.25) is 9.59 Å². The van der Waals surface area contributed by atoms with Crippen LogP contribution in [0.4, 0.5) is 0 Å². The summed E-state index contributed by atoms with van der Waals surface area (Å²) in [6.07, 6.45) is 29.8. The van der Waals surface area contributed by atoms with Crippen molar-refractivity contribution in [1.82, 2.24) is 0 Å². The van der Waals surface area contributed by atoms with Crippen LogP contribution in [0, 0.1) is 0 Å². The Hall–Kier alpha value is -2.54. The lowest BCUT2D eigenvalue weighted by Crippen LogP contribution is -2.61. The molecule has 0 amide bonds. The van der Waals surface area contributed by atoms with Crippen molar-refractivity contribution in [2.75, 3.05) is 26.4 Å².